The second-order valence-corrected chi connectivity index (χ2v) is 8.37. The van der Waals surface area contributed by atoms with Gasteiger partial charge in [0.25, 0.3) is 0 Å². The van der Waals surface area contributed by atoms with E-state index in [1.807, 2.05) is 20.8 Å². The molecule has 0 radical (unpaired) electrons. The number of hydrogen-bond acceptors (Lipinski definition) is 5. The predicted octanol–water partition coefficient (Wildman–Crippen LogP) is 2.50. The molecule has 1 rings (SSSR count). The third-order valence-electron chi connectivity index (χ3n) is 3.21. The highest BCUT2D eigenvalue weighted by atomic mass is 16.6. The first-order valence-electron chi connectivity index (χ1n) is 9.02. The maximum Gasteiger partial charge on any atom is 0.408 e. The molecule has 8 nitrogen and oxygen atoms in total. The van der Waals surface area contributed by atoms with E-state index in [9.17, 15) is 14.4 Å². The third-order valence-corrected chi connectivity index (χ3v) is 3.21. The number of ether oxygens (including phenoxy) is 2. The standard InChI is InChI=1S/C20H30N2O6/c1-19(2,3)27-14-9-7-13(8-10-14)11-15(17(25)21-12-16(23)24)22-18(26)28-20(4,5)6/h7-10,15H,11-12H2,1-6H3,(H,21,25)(H,22,26)(H,23,24). The molecule has 3 N–H and O–H groups in total. The summed E-state index contributed by atoms with van der Waals surface area (Å²) >= 11 is 0. The molecule has 0 aliphatic rings. The molecule has 0 aromatic heterocycles. The number of hydrogen-bond donors (Lipinski definition) is 3. The molecule has 2 amide bonds. The topological polar surface area (TPSA) is 114 Å². The van der Waals surface area contributed by atoms with E-state index in [0.29, 0.717) is 5.75 Å². The molecule has 0 aliphatic carbocycles. The van der Waals surface area contributed by atoms with Crippen LogP contribution in [-0.2, 0) is 20.7 Å². The first kappa shape index (κ1) is 23.3. The highest BCUT2D eigenvalue weighted by molar-refractivity contribution is 5.88. The van der Waals surface area contributed by atoms with E-state index in [-0.39, 0.29) is 12.0 Å². The van der Waals surface area contributed by atoms with Gasteiger partial charge in [-0.2, -0.15) is 0 Å². The number of carboxylic acids is 1. The van der Waals surface area contributed by atoms with Crippen molar-refractivity contribution in [1.29, 1.82) is 0 Å². The van der Waals surface area contributed by atoms with Crippen molar-refractivity contribution in [3.05, 3.63) is 29.8 Å². The molecule has 156 valence electrons. The van der Waals surface area contributed by atoms with Gasteiger partial charge in [0, 0.05) is 6.42 Å². The SMILES string of the molecule is CC(C)(C)OC(=O)NC(Cc1ccc(OC(C)(C)C)cc1)C(=O)NCC(=O)O. The van der Waals surface area contributed by atoms with Crippen molar-refractivity contribution in [1.82, 2.24) is 10.6 Å². The second-order valence-electron chi connectivity index (χ2n) is 8.37. The van der Waals surface area contributed by atoms with Crippen LogP contribution >= 0.6 is 0 Å². The maximum absolute atomic E-state index is 12.3. The normalized spacial score (nSPS) is 12.6. The molecule has 0 bridgehead atoms. The highest BCUT2D eigenvalue weighted by Gasteiger charge is 2.25. The van der Waals surface area contributed by atoms with E-state index in [2.05, 4.69) is 10.6 Å². The Balaban J connectivity index is 2.87. The zero-order valence-corrected chi connectivity index (χ0v) is 17.3. The lowest BCUT2D eigenvalue weighted by Crippen LogP contribution is -2.50. The molecule has 0 saturated heterocycles. The van der Waals surface area contributed by atoms with Crippen LogP contribution in [0.4, 0.5) is 4.79 Å². The number of carboxylic acid groups (broad SMARTS) is 1. The van der Waals surface area contributed by atoms with Crippen LogP contribution in [0.3, 0.4) is 0 Å². The average Bonchev–Trinajstić information content (AvgIpc) is 2.50. The number of alkyl carbamates (subject to hydrolysis) is 1. The van der Waals surface area contributed by atoms with Gasteiger partial charge in [-0.05, 0) is 59.2 Å². The summed E-state index contributed by atoms with van der Waals surface area (Å²) in [6.45, 7) is 10.4. The summed E-state index contributed by atoms with van der Waals surface area (Å²) in [5.74, 6) is -1.10. The Hall–Kier alpha value is -2.77. The summed E-state index contributed by atoms with van der Waals surface area (Å²) in [5, 5.41) is 13.5. The average molecular weight is 394 g/mol. The summed E-state index contributed by atoms with van der Waals surface area (Å²) in [6.07, 6.45) is -0.587. The molecule has 0 saturated carbocycles. The molecule has 1 unspecified atom stereocenters. The van der Waals surface area contributed by atoms with Crippen molar-refractivity contribution < 1.29 is 29.0 Å². The first-order chi connectivity index (χ1) is 12.7. The fourth-order valence-electron chi connectivity index (χ4n) is 2.23. The Kier molecular flexibility index (Phi) is 7.84. The van der Waals surface area contributed by atoms with Gasteiger partial charge in [0.1, 0.15) is 29.5 Å². The zero-order chi connectivity index (χ0) is 21.5. The predicted molar refractivity (Wildman–Crippen MR) is 104 cm³/mol. The van der Waals surface area contributed by atoms with Crippen LogP contribution in [-0.4, -0.2) is 46.9 Å². The fraction of sp³-hybridized carbons (Fsp3) is 0.550. The van der Waals surface area contributed by atoms with Crippen LogP contribution in [0.5, 0.6) is 5.75 Å². The number of nitrogens with one attached hydrogen (secondary N) is 2. The van der Waals surface area contributed by atoms with Crippen molar-refractivity contribution in [2.75, 3.05) is 6.54 Å². The highest BCUT2D eigenvalue weighted by Crippen LogP contribution is 2.19. The van der Waals surface area contributed by atoms with Gasteiger partial charge in [0.05, 0.1) is 0 Å². The van der Waals surface area contributed by atoms with Crippen LogP contribution in [0.15, 0.2) is 24.3 Å². The third kappa shape index (κ3) is 9.80. The van der Waals surface area contributed by atoms with Gasteiger partial charge >= 0.3 is 12.1 Å². The van der Waals surface area contributed by atoms with Crippen LogP contribution in [0, 0.1) is 0 Å². The van der Waals surface area contributed by atoms with Crippen molar-refractivity contribution in [3.63, 3.8) is 0 Å². The van der Waals surface area contributed by atoms with Crippen molar-refractivity contribution in [2.45, 2.75) is 65.2 Å². The van der Waals surface area contributed by atoms with Gasteiger partial charge in [-0.1, -0.05) is 12.1 Å². The van der Waals surface area contributed by atoms with E-state index in [1.165, 1.54) is 0 Å². The Morgan fingerprint density at radius 2 is 1.57 bits per heavy atom. The lowest BCUT2D eigenvalue weighted by atomic mass is 10.0. The number of amides is 2. The number of rotatable bonds is 7. The molecule has 1 aromatic rings. The number of carbonyl (C=O) groups is 3. The summed E-state index contributed by atoms with van der Waals surface area (Å²) < 4.78 is 10.9. The van der Waals surface area contributed by atoms with Crippen molar-refractivity contribution >= 4 is 18.0 Å². The molecule has 0 aliphatic heterocycles. The van der Waals surface area contributed by atoms with Crippen LogP contribution < -0.4 is 15.4 Å². The van der Waals surface area contributed by atoms with Gasteiger partial charge in [0.2, 0.25) is 5.91 Å². The van der Waals surface area contributed by atoms with E-state index in [0.717, 1.165) is 5.56 Å². The first-order valence-corrected chi connectivity index (χ1v) is 9.02. The summed E-state index contributed by atoms with van der Waals surface area (Å²) in [7, 11) is 0. The fourth-order valence-corrected chi connectivity index (χ4v) is 2.23. The van der Waals surface area contributed by atoms with E-state index < -0.39 is 36.2 Å². The minimum Gasteiger partial charge on any atom is -0.488 e. The Labute approximate surface area is 165 Å². The quantitative estimate of drug-likeness (QED) is 0.655. The monoisotopic (exact) mass is 394 g/mol. The Morgan fingerprint density at radius 3 is 2.04 bits per heavy atom. The van der Waals surface area contributed by atoms with E-state index >= 15 is 0 Å². The van der Waals surface area contributed by atoms with Crippen molar-refractivity contribution in [3.8, 4) is 5.75 Å². The molecule has 8 heteroatoms. The summed E-state index contributed by atoms with van der Waals surface area (Å²) in [4.78, 5) is 35.1. The molecule has 0 spiro atoms. The van der Waals surface area contributed by atoms with Crippen molar-refractivity contribution in [2.24, 2.45) is 0 Å². The molecular weight excluding hydrogens is 364 g/mol. The molecule has 1 atom stereocenters. The molecule has 1 aromatic carbocycles. The lowest BCUT2D eigenvalue weighted by Gasteiger charge is -2.24. The number of carbonyl (C=O) groups excluding carboxylic acids is 2. The molecular formula is C20H30N2O6. The Bertz CT molecular complexity index is 686. The van der Waals surface area contributed by atoms with Crippen LogP contribution in [0.25, 0.3) is 0 Å². The lowest BCUT2D eigenvalue weighted by molar-refractivity contribution is -0.138. The van der Waals surface area contributed by atoms with Gasteiger partial charge in [-0.15, -0.1) is 0 Å². The molecule has 0 heterocycles. The van der Waals surface area contributed by atoms with E-state index in [1.54, 1.807) is 45.0 Å². The zero-order valence-electron chi connectivity index (χ0n) is 17.3. The van der Waals surface area contributed by atoms with Gasteiger partial charge < -0.3 is 25.2 Å². The second kappa shape index (κ2) is 9.43. The number of benzene rings is 1. The van der Waals surface area contributed by atoms with Crippen LogP contribution in [0.2, 0.25) is 0 Å². The largest absolute Gasteiger partial charge is 0.488 e. The minimum absolute atomic E-state index is 0.167. The number of aliphatic carboxylic acids is 1. The Morgan fingerprint density at radius 1 is 1.00 bits per heavy atom. The van der Waals surface area contributed by atoms with Crippen LogP contribution in [0.1, 0.15) is 47.1 Å². The minimum atomic E-state index is -1.17. The maximum atomic E-state index is 12.3. The molecule has 0 fully saturated rings. The van der Waals surface area contributed by atoms with Gasteiger partial charge in [-0.25, -0.2) is 4.79 Å². The molecule has 28 heavy (non-hydrogen) atoms. The van der Waals surface area contributed by atoms with E-state index in [4.69, 9.17) is 14.6 Å². The van der Waals surface area contributed by atoms with Gasteiger partial charge in [0.15, 0.2) is 0 Å². The van der Waals surface area contributed by atoms with Gasteiger partial charge in [-0.3, -0.25) is 9.59 Å². The smallest absolute Gasteiger partial charge is 0.408 e. The summed E-state index contributed by atoms with van der Waals surface area (Å²) in [6, 6.07) is 6.15. The summed E-state index contributed by atoms with van der Waals surface area (Å²) in [5.41, 5.74) is -0.287.